The summed E-state index contributed by atoms with van der Waals surface area (Å²) >= 11 is 0. The number of urea groups is 1. The SMILES string of the molecule is CC.CS(=O)NN1C(=O)NC2CCC(C(F)(F)F)=C(Cn3cccc3)C=C2C1=O. The Labute approximate surface area is 169 Å². The highest BCUT2D eigenvalue weighted by atomic mass is 32.2. The average molecular weight is 432 g/mol. The van der Waals surface area contributed by atoms with Crippen LogP contribution in [0.25, 0.3) is 0 Å². The standard InChI is InChI=1S/C16H17F3N4O3S.C2H6/c1-27(26)21-23-14(24)11-8-10(9-22-6-2-3-7-22)12(16(17,18)19)4-5-13(11)20-15(23)25;1-2/h2-3,6-8,13,21H,4-5,9H2,1H3,(H,20,25);1-2H3. The van der Waals surface area contributed by atoms with Crippen molar-refractivity contribution in [1.82, 2.24) is 19.7 Å². The highest BCUT2D eigenvalue weighted by Gasteiger charge is 2.42. The van der Waals surface area contributed by atoms with Crippen molar-refractivity contribution in [2.24, 2.45) is 0 Å². The van der Waals surface area contributed by atoms with Gasteiger partial charge in [-0.15, -0.1) is 4.83 Å². The minimum Gasteiger partial charge on any atom is -0.350 e. The molecule has 1 aromatic rings. The molecule has 7 nitrogen and oxygen atoms in total. The van der Waals surface area contributed by atoms with E-state index in [2.05, 4.69) is 10.1 Å². The van der Waals surface area contributed by atoms with Gasteiger partial charge in [0.15, 0.2) is 0 Å². The highest BCUT2D eigenvalue weighted by Crippen LogP contribution is 2.37. The van der Waals surface area contributed by atoms with Crippen molar-refractivity contribution < 1.29 is 27.0 Å². The number of hydrogen-bond acceptors (Lipinski definition) is 3. The van der Waals surface area contributed by atoms with E-state index in [-0.39, 0.29) is 30.5 Å². The van der Waals surface area contributed by atoms with Gasteiger partial charge >= 0.3 is 12.2 Å². The number of hydrazine groups is 1. The minimum absolute atomic E-state index is 0.0222. The number of rotatable bonds is 4. The molecule has 1 fully saturated rings. The number of amides is 3. The summed E-state index contributed by atoms with van der Waals surface area (Å²) in [4.78, 5) is 26.9. The van der Waals surface area contributed by atoms with Crippen LogP contribution >= 0.6 is 0 Å². The Bertz CT molecular complexity index is 847. The molecular formula is C18H23F3N4O3S. The van der Waals surface area contributed by atoms with E-state index in [1.165, 1.54) is 12.3 Å². The minimum atomic E-state index is -4.55. The second kappa shape index (κ2) is 9.40. The Morgan fingerprint density at radius 1 is 1.24 bits per heavy atom. The van der Waals surface area contributed by atoms with Crippen LogP contribution < -0.4 is 10.1 Å². The van der Waals surface area contributed by atoms with Crippen molar-refractivity contribution in [3.63, 3.8) is 0 Å². The topological polar surface area (TPSA) is 83.4 Å². The molecule has 0 radical (unpaired) electrons. The molecule has 3 rings (SSSR count). The molecule has 0 aromatic carbocycles. The van der Waals surface area contributed by atoms with Crippen LogP contribution in [0.1, 0.15) is 26.7 Å². The van der Waals surface area contributed by atoms with E-state index in [9.17, 15) is 27.0 Å². The number of aromatic nitrogens is 1. The van der Waals surface area contributed by atoms with Gasteiger partial charge in [0, 0.05) is 36.3 Å². The van der Waals surface area contributed by atoms with Crippen molar-refractivity contribution >= 4 is 22.9 Å². The molecule has 160 valence electrons. The lowest BCUT2D eigenvalue weighted by Crippen LogP contribution is -2.60. The van der Waals surface area contributed by atoms with Gasteiger partial charge in [0.1, 0.15) is 11.0 Å². The number of halogens is 3. The summed E-state index contributed by atoms with van der Waals surface area (Å²) < 4.78 is 53.6. The van der Waals surface area contributed by atoms with Gasteiger partial charge in [0.25, 0.3) is 5.91 Å². The molecule has 1 aliphatic heterocycles. The Morgan fingerprint density at radius 2 is 1.86 bits per heavy atom. The first kappa shape index (κ1) is 22.9. The third-order valence-corrected chi connectivity index (χ3v) is 4.75. The predicted molar refractivity (Wildman–Crippen MR) is 103 cm³/mol. The number of carbonyl (C=O) groups is 2. The summed E-state index contributed by atoms with van der Waals surface area (Å²) in [5.74, 6) is -0.813. The van der Waals surface area contributed by atoms with E-state index in [0.29, 0.717) is 5.01 Å². The molecule has 0 spiro atoms. The van der Waals surface area contributed by atoms with Crippen LogP contribution in [-0.2, 0) is 22.3 Å². The fourth-order valence-electron chi connectivity index (χ4n) is 3.12. The lowest BCUT2D eigenvalue weighted by Gasteiger charge is -2.32. The molecule has 2 N–H and O–H groups in total. The maximum absolute atomic E-state index is 13.6. The van der Waals surface area contributed by atoms with E-state index in [1.54, 1.807) is 29.1 Å². The predicted octanol–water partition coefficient (Wildman–Crippen LogP) is 2.81. The molecule has 11 heteroatoms. The molecule has 29 heavy (non-hydrogen) atoms. The number of alkyl halides is 3. The van der Waals surface area contributed by atoms with Crippen LogP contribution in [0.2, 0.25) is 0 Å². The van der Waals surface area contributed by atoms with Gasteiger partial charge in [0.05, 0.1) is 6.04 Å². The Hall–Kier alpha value is -2.40. The van der Waals surface area contributed by atoms with Gasteiger partial charge in [-0.2, -0.15) is 18.2 Å². The summed E-state index contributed by atoms with van der Waals surface area (Å²) in [7, 11) is -1.71. The molecule has 2 heterocycles. The molecule has 2 aliphatic rings. The number of nitrogens with one attached hydrogen (secondary N) is 2. The van der Waals surface area contributed by atoms with E-state index in [4.69, 9.17) is 0 Å². The molecule has 1 saturated heterocycles. The summed E-state index contributed by atoms with van der Waals surface area (Å²) in [6, 6.07) is 1.69. The number of allylic oxidation sites excluding steroid dienone is 3. The third kappa shape index (κ3) is 5.36. The van der Waals surface area contributed by atoms with Crippen LogP contribution in [0.3, 0.4) is 0 Å². The number of fused-ring (bicyclic) bond motifs is 1. The number of imide groups is 1. The maximum Gasteiger partial charge on any atom is 0.413 e. The molecule has 3 amide bonds. The number of nitrogens with zero attached hydrogens (tertiary/aromatic N) is 2. The fraction of sp³-hybridized carbons (Fsp3) is 0.444. The Kier molecular flexibility index (Phi) is 7.42. The molecule has 0 bridgehead atoms. The zero-order valence-electron chi connectivity index (χ0n) is 16.2. The maximum atomic E-state index is 13.6. The normalized spacial score (nSPS) is 20.8. The van der Waals surface area contributed by atoms with Gasteiger partial charge in [-0.25, -0.2) is 9.00 Å². The van der Waals surface area contributed by atoms with Crippen LogP contribution in [-0.4, -0.2) is 44.2 Å². The van der Waals surface area contributed by atoms with E-state index >= 15 is 0 Å². The lowest BCUT2D eigenvalue weighted by molar-refractivity contribution is -0.126. The van der Waals surface area contributed by atoms with Gasteiger partial charge in [-0.05, 0) is 36.6 Å². The molecule has 2 atom stereocenters. The zero-order valence-corrected chi connectivity index (χ0v) is 17.1. The van der Waals surface area contributed by atoms with E-state index < -0.39 is 40.7 Å². The molecule has 1 aromatic heterocycles. The first-order chi connectivity index (χ1) is 13.7. The first-order valence-corrected chi connectivity index (χ1v) is 10.6. The van der Waals surface area contributed by atoms with Crippen molar-refractivity contribution in [1.29, 1.82) is 0 Å². The van der Waals surface area contributed by atoms with Gasteiger partial charge < -0.3 is 9.88 Å². The smallest absolute Gasteiger partial charge is 0.350 e. The summed E-state index contributed by atoms with van der Waals surface area (Å²) in [5.41, 5.74) is -0.744. The number of carbonyl (C=O) groups excluding carboxylic acids is 2. The van der Waals surface area contributed by atoms with Gasteiger partial charge in [-0.1, -0.05) is 13.8 Å². The highest BCUT2D eigenvalue weighted by molar-refractivity contribution is 7.82. The average Bonchev–Trinajstić information content (AvgIpc) is 3.07. The van der Waals surface area contributed by atoms with Crippen LogP contribution in [0.4, 0.5) is 18.0 Å². The van der Waals surface area contributed by atoms with Crippen LogP contribution in [0, 0.1) is 0 Å². The summed E-state index contributed by atoms with van der Waals surface area (Å²) in [6.45, 7) is 3.94. The first-order valence-electron chi connectivity index (χ1n) is 9.03. The van der Waals surface area contributed by atoms with Crippen LogP contribution in [0.5, 0.6) is 0 Å². The number of hydrogen-bond donors (Lipinski definition) is 2. The zero-order chi connectivity index (χ0) is 21.8. The Morgan fingerprint density at radius 3 is 2.41 bits per heavy atom. The fourth-order valence-corrected chi connectivity index (χ4v) is 3.55. The molecule has 1 aliphatic carbocycles. The molecular weight excluding hydrogens is 409 g/mol. The van der Waals surface area contributed by atoms with Gasteiger partial charge in [0.2, 0.25) is 0 Å². The third-order valence-electron chi connectivity index (χ3n) is 4.31. The lowest BCUT2D eigenvalue weighted by atomic mass is 10.00. The Balaban J connectivity index is 0.00000145. The monoisotopic (exact) mass is 432 g/mol. The largest absolute Gasteiger partial charge is 0.413 e. The van der Waals surface area contributed by atoms with Crippen LogP contribution in [0.15, 0.2) is 47.3 Å². The summed E-state index contributed by atoms with van der Waals surface area (Å²) in [6.07, 6.45) is 0.731. The van der Waals surface area contributed by atoms with E-state index in [0.717, 1.165) is 0 Å². The van der Waals surface area contributed by atoms with Crippen molar-refractivity contribution in [2.75, 3.05) is 6.26 Å². The summed E-state index contributed by atoms with van der Waals surface area (Å²) in [5, 5.41) is 3.03. The van der Waals surface area contributed by atoms with Crippen molar-refractivity contribution in [3.05, 3.63) is 47.3 Å². The quantitative estimate of drug-likeness (QED) is 0.768. The second-order valence-corrected chi connectivity index (χ2v) is 7.27. The molecule has 2 unspecified atom stereocenters. The van der Waals surface area contributed by atoms with E-state index in [1.807, 2.05) is 13.8 Å². The van der Waals surface area contributed by atoms with Gasteiger partial charge in [-0.3, -0.25) is 4.79 Å². The van der Waals surface area contributed by atoms with Crippen molar-refractivity contribution in [2.45, 2.75) is 45.5 Å². The molecule has 0 saturated carbocycles. The van der Waals surface area contributed by atoms with Crippen molar-refractivity contribution in [3.8, 4) is 0 Å². The second-order valence-electron chi connectivity index (χ2n) is 6.18.